The second-order valence-corrected chi connectivity index (χ2v) is 6.80. The summed E-state index contributed by atoms with van der Waals surface area (Å²) in [6, 6.07) is 14.9. The highest BCUT2D eigenvalue weighted by atomic mass is 19.1. The number of aliphatic hydroxyl groups is 1. The Labute approximate surface area is 166 Å². The molecule has 1 fully saturated rings. The molecule has 0 bridgehead atoms. The number of aryl methyl sites for hydroxylation is 1. The molecular weight excluding hydrogens is 371 g/mol. The Morgan fingerprint density at radius 1 is 1.03 bits per heavy atom. The van der Waals surface area contributed by atoms with Gasteiger partial charge in [-0.1, -0.05) is 23.8 Å². The van der Waals surface area contributed by atoms with Crippen LogP contribution in [0.3, 0.4) is 0 Å². The third-order valence-corrected chi connectivity index (χ3v) is 4.87. The molecule has 0 radical (unpaired) electrons. The lowest BCUT2D eigenvalue weighted by Gasteiger charge is -2.25. The van der Waals surface area contributed by atoms with E-state index in [9.17, 15) is 19.1 Å². The number of carbonyl (C=O) groups is 2. The zero-order valence-corrected chi connectivity index (χ0v) is 15.5. The predicted octanol–water partition coefficient (Wildman–Crippen LogP) is 4.16. The first-order valence-corrected chi connectivity index (χ1v) is 9.01. The number of ketones is 1. The van der Waals surface area contributed by atoms with Gasteiger partial charge in [-0.2, -0.15) is 0 Å². The smallest absolute Gasteiger partial charge is 0.300 e. The Morgan fingerprint density at radius 2 is 1.72 bits per heavy atom. The number of carbonyl (C=O) groups excluding carboxylic acids is 2. The van der Waals surface area contributed by atoms with Crippen LogP contribution in [0.15, 0.2) is 78.6 Å². The molecule has 1 aliphatic heterocycles. The number of halogens is 1. The van der Waals surface area contributed by atoms with Gasteiger partial charge in [-0.3, -0.25) is 19.5 Å². The van der Waals surface area contributed by atoms with Crippen LogP contribution in [0, 0.1) is 12.7 Å². The molecule has 144 valence electrons. The average Bonchev–Trinajstić information content (AvgIpc) is 3.00. The van der Waals surface area contributed by atoms with Gasteiger partial charge in [0, 0.05) is 23.6 Å². The van der Waals surface area contributed by atoms with Gasteiger partial charge < -0.3 is 5.11 Å². The van der Waals surface area contributed by atoms with Gasteiger partial charge in [0.05, 0.1) is 11.6 Å². The van der Waals surface area contributed by atoms with E-state index in [1.165, 1.54) is 29.2 Å². The van der Waals surface area contributed by atoms with Gasteiger partial charge in [-0.05, 0) is 55.0 Å². The van der Waals surface area contributed by atoms with Gasteiger partial charge in [0.25, 0.3) is 11.7 Å². The molecule has 1 unspecified atom stereocenters. The van der Waals surface area contributed by atoms with Crippen molar-refractivity contribution in [2.45, 2.75) is 13.0 Å². The summed E-state index contributed by atoms with van der Waals surface area (Å²) in [7, 11) is 0. The molecule has 6 heteroatoms. The molecular formula is C23H17FN2O3. The number of hydrogen-bond donors (Lipinski definition) is 1. The van der Waals surface area contributed by atoms with Crippen molar-refractivity contribution in [2.24, 2.45) is 0 Å². The second-order valence-electron chi connectivity index (χ2n) is 6.80. The number of benzene rings is 2. The molecule has 1 aliphatic rings. The molecule has 0 saturated carbocycles. The van der Waals surface area contributed by atoms with Crippen molar-refractivity contribution in [3.05, 3.63) is 101 Å². The summed E-state index contributed by atoms with van der Waals surface area (Å²) in [4.78, 5) is 31.3. The maximum atomic E-state index is 13.3. The molecule has 1 saturated heterocycles. The number of hydrogen-bond acceptors (Lipinski definition) is 4. The topological polar surface area (TPSA) is 70.5 Å². The van der Waals surface area contributed by atoms with E-state index in [-0.39, 0.29) is 16.9 Å². The van der Waals surface area contributed by atoms with Gasteiger partial charge in [0.15, 0.2) is 0 Å². The zero-order valence-electron chi connectivity index (χ0n) is 15.5. The standard InChI is InChI=1S/C23H17FN2O3/c1-14-4-10-18(11-5-14)26-20(16-3-2-12-25-13-16)19(22(28)23(26)29)21(27)15-6-8-17(24)9-7-15/h2-13,20,27H,1H3/b21-19-. The predicted molar refractivity (Wildman–Crippen MR) is 107 cm³/mol. The highest BCUT2D eigenvalue weighted by Crippen LogP contribution is 2.41. The summed E-state index contributed by atoms with van der Waals surface area (Å²) in [5.41, 5.74) is 2.31. The molecule has 3 aromatic rings. The zero-order chi connectivity index (χ0) is 20.5. The fourth-order valence-electron chi connectivity index (χ4n) is 3.42. The number of aromatic nitrogens is 1. The van der Waals surface area contributed by atoms with Crippen molar-refractivity contribution in [1.29, 1.82) is 0 Å². The van der Waals surface area contributed by atoms with Crippen LogP contribution in [-0.2, 0) is 9.59 Å². The number of anilines is 1. The molecule has 2 heterocycles. The largest absolute Gasteiger partial charge is 0.507 e. The summed E-state index contributed by atoms with van der Waals surface area (Å²) >= 11 is 0. The van der Waals surface area contributed by atoms with Crippen molar-refractivity contribution in [1.82, 2.24) is 4.98 Å². The van der Waals surface area contributed by atoms with Gasteiger partial charge in [-0.25, -0.2) is 4.39 Å². The maximum Gasteiger partial charge on any atom is 0.300 e. The average molecular weight is 388 g/mol. The Balaban J connectivity index is 1.93. The third kappa shape index (κ3) is 3.29. The normalized spacial score (nSPS) is 18.3. The van der Waals surface area contributed by atoms with Crippen LogP contribution in [0.25, 0.3) is 5.76 Å². The van der Waals surface area contributed by atoms with Crippen LogP contribution < -0.4 is 4.90 Å². The number of nitrogens with zero attached hydrogens (tertiary/aromatic N) is 2. The summed E-state index contributed by atoms with van der Waals surface area (Å²) in [5, 5.41) is 10.9. The van der Waals surface area contributed by atoms with E-state index in [4.69, 9.17) is 0 Å². The third-order valence-electron chi connectivity index (χ3n) is 4.87. The SMILES string of the molecule is Cc1ccc(N2C(=O)C(=O)/C(=C(\O)c3ccc(F)cc3)C2c2cccnc2)cc1. The van der Waals surface area contributed by atoms with Gasteiger partial charge in [0.2, 0.25) is 0 Å². The van der Waals surface area contributed by atoms with Crippen LogP contribution in [0.4, 0.5) is 10.1 Å². The van der Waals surface area contributed by atoms with E-state index in [1.54, 1.807) is 36.7 Å². The highest BCUT2D eigenvalue weighted by Gasteiger charge is 2.47. The fraction of sp³-hybridized carbons (Fsp3) is 0.0870. The van der Waals surface area contributed by atoms with E-state index in [2.05, 4.69) is 4.98 Å². The van der Waals surface area contributed by atoms with Crippen LogP contribution in [0.5, 0.6) is 0 Å². The Hall–Kier alpha value is -3.80. The van der Waals surface area contributed by atoms with Crippen molar-refractivity contribution < 1.29 is 19.1 Å². The summed E-state index contributed by atoms with van der Waals surface area (Å²) < 4.78 is 13.3. The molecule has 1 amide bonds. The quantitative estimate of drug-likeness (QED) is 0.416. The minimum absolute atomic E-state index is 0.0600. The van der Waals surface area contributed by atoms with E-state index in [0.29, 0.717) is 11.3 Å². The minimum atomic E-state index is -0.851. The number of pyridine rings is 1. The van der Waals surface area contributed by atoms with Crippen molar-refractivity contribution in [3.8, 4) is 0 Å². The molecule has 5 nitrogen and oxygen atoms in total. The number of aliphatic hydroxyl groups excluding tert-OH is 1. The lowest BCUT2D eigenvalue weighted by Crippen LogP contribution is -2.29. The van der Waals surface area contributed by atoms with Crippen molar-refractivity contribution in [2.75, 3.05) is 4.90 Å². The number of rotatable bonds is 3. The molecule has 1 aromatic heterocycles. The molecule has 2 aromatic carbocycles. The summed E-state index contributed by atoms with van der Waals surface area (Å²) in [6.45, 7) is 1.92. The lowest BCUT2D eigenvalue weighted by atomic mass is 9.96. The summed E-state index contributed by atoms with van der Waals surface area (Å²) in [6.07, 6.45) is 3.14. The van der Waals surface area contributed by atoms with E-state index in [0.717, 1.165) is 5.56 Å². The Morgan fingerprint density at radius 3 is 2.34 bits per heavy atom. The molecule has 29 heavy (non-hydrogen) atoms. The number of amides is 1. The monoisotopic (exact) mass is 388 g/mol. The van der Waals surface area contributed by atoms with E-state index >= 15 is 0 Å². The molecule has 1 atom stereocenters. The van der Waals surface area contributed by atoms with Crippen LogP contribution in [0.1, 0.15) is 22.7 Å². The Kier molecular flexibility index (Phi) is 4.68. The molecule has 0 spiro atoms. The first kappa shape index (κ1) is 18.6. The van der Waals surface area contributed by atoms with Crippen LogP contribution in [-0.4, -0.2) is 21.8 Å². The van der Waals surface area contributed by atoms with Crippen LogP contribution >= 0.6 is 0 Å². The molecule has 0 aliphatic carbocycles. The first-order chi connectivity index (χ1) is 14.0. The Bertz CT molecular complexity index is 1110. The fourth-order valence-corrected chi connectivity index (χ4v) is 3.42. The molecule has 1 N–H and O–H groups in total. The first-order valence-electron chi connectivity index (χ1n) is 9.01. The second kappa shape index (κ2) is 7.31. The van der Waals surface area contributed by atoms with Gasteiger partial charge >= 0.3 is 0 Å². The summed E-state index contributed by atoms with van der Waals surface area (Å²) in [5.74, 6) is -2.37. The van der Waals surface area contributed by atoms with Gasteiger partial charge in [0.1, 0.15) is 11.6 Å². The number of Topliss-reactive ketones (excluding diaryl/α,β-unsaturated/α-hetero) is 1. The minimum Gasteiger partial charge on any atom is -0.507 e. The van der Waals surface area contributed by atoms with E-state index < -0.39 is 23.5 Å². The van der Waals surface area contributed by atoms with Crippen LogP contribution in [0.2, 0.25) is 0 Å². The van der Waals surface area contributed by atoms with Gasteiger partial charge in [-0.15, -0.1) is 0 Å². The maximum absolute atomic E-state index is 13.3. The van der Waals surface area contributed by atoms with E-state index in [1.807, 2.05) is 19.1 Å². The molecule has 4 rings (SSSR count). The van der Waals surface area contributed by atoms with Crippen molar-refractivity contribution >= 4 is 23.1 Å². The lowest BCUT2D eigenvalue weighted by molar-refractivity contribution is -0.132. The highest BCUT2D eigenvalue weighted by molar-refractivity contribution is 6.51. The van der Waals surface area contributed by atoms with Crippen molar-refractivity contribution in [3.63, 3.8) is 0 Å².